The van der Waals surface area contributed by atoms with E-state index in [0.29, 0.717) is 6.44 Å². The van der Waals surface area contributed by atoms with Gasteiger partial charge in [-0.25, -0.2) is 0 Å². The number of hydrogen-bond donors (Lipinski definition) is 1. The highest BCUT2D eigenvalue weighted by Crippen LogP contribution is 1.67. The monoisotopic (exact) mass is 111 g/mol. The molecule has 1 amide bonds. The van der Waals surface area contributed by atoms with E-state index in [1.807, 2.05) is 14.8 Å². The third kappa shape index (κ3) is 3.46. The van der Waals surface area contributed by atoms with Gasteiger partial charge in [0.05, 0.1) is 0 Å². The molecule has 8 heavy (non-hydrogen) atoms. The van der Waals surface area contributed by atoms with Gasteiger partial charge >= 0.3 is 0 Å². The third-order valence-corrected chi connectivity index (χ3v) is 0.669. The van der Waals surface area contributed by atoms with Crippen LogP contribution in [0.5, 0.6) is 0 Å². The molecule has 0 heterocycles. The molecule has 0 aromatic heterocycles. The number of rotatable bonds is 2. The number of nitrogens with one attached hydrogen (secondary N) is 1. The SMILES string of the molecule is BCNC(=O)/C=C/C. The Labute approximate surface area is 50.4 Å². The normalized spacial score (nSPS) is 9.62. The summed E-state index contributed by atoms with van der Waals surface area (Å²) in [4.78, 5) is 10.4. The van der Waals surface area contributed by atoms with E-state index in [0.717, 1.165) is 0 Å². The van der Waals surface area contributed by atoms with Gasteiger partial charge in [-0.2, -0.15) is 0 Å². The molecule has 0 aromatic rings. The largest absolute Gasteiger partial charge is 0.361 e. The van der Waals surface area contributed by atoms with Gasteiger partial charge in [-0.05, 0) is 19.4 Å². The van der Waals surface area contributed by atoms with Crippen LogP contribution in [0.1, 0.15) is 6.92 Å². The zero-order valence-electron chi connectivity index (χ0n) is 5.27. The number of allylic oxidation sites excluding steroid dienone is 1. The molecule has 0 aliphatic heterocycles. The zero-order chi connectivity index (χ0) is 6.41. The molecule has 0 saturated heterocycles. The maximum Gasteiger partial charge on any atom is 0.242 e. The minimum Gasteiger partial charge on any atom is -0.361 e. The van der Waals surface area contributed by atoms with Crippen molar-refractivity contribution >= 4 is 13.8 Å². The Bertz CT molecular complexity index is 101. The van der Waals surface area contributed by atoms with Crippen LogP contribution in [0, 0.1) is 0 Å². The van der Waals surface area contributed by atoms with Crippen LogP contribution < -0.4 is 5.32 Å². The van der Waals surface area contributed by atoms with Crippen molar-refractivity contribution in [1.29, 1.82) is 0 Å². The summed E-state index contributed by atoms with van der Waals surface area (Å²) < 4.78 is 0. The van der Waals surface area contributed by atoms with Gasteiger partial charge in [0.15, 0.2) is 0 Å². The van der Waals surface area contributed by atoms with Crippen molar-refractivity contribution in [3.8, 4) is 0 Å². The smallest absolute Gasteiger partial charge is 0.242 e. The summed E-state index contributed by atoms with van der Waals surface area (Å²) in [6, 6.07) is 0. The Balaban J connectivity index is 3.33. The summed E-state index contributed by atoms with van der Waals surface area (Å²) in [5.41, 5.74) is 0. The molecule has 0 aliphatic rings. The van der Waals surface area contributed by atoms with E-state index in [9.17, 15) is 4.79 Å². The maximum atomic E-state index is 10.4. The van der Waals surface area contributed by atoms with Gasteiger partial charge in [0.1, 0.15) is 7.85 Å². The lowest BCUT2D eigenvalue weighted by Crippen LogP contribution is -2.21. The van der Waals surface area contributed by atoms with Crippen LogP contribution in [0.2, 0.25) is 0 Å². The van der Waals surface area contributed by atoms with Crippen LogP contribution in [0.4, 0.5) is 0 Å². The predicted molar refractivity (Wildman–Crippen MR) is 36.4 cm³/mol. The summed E-state index contributed by atoms with van der Waals surface area (Å²) in [5, 5.41) is 2.62. The highest BCUT2D eigenvalue weighted by molar-refractivity contribution is 6.10. The van der Waals surface area contributed by atoms with Gasteiger partial charge in [-0.1, -0.05) is 6.08 Å². The summed E-state index contributed by atoms with van der Waals surface area (Å²) in [6.45, 7) is 1.81. The van der Waals surface area contributed by atoms with Gasteiger partial charge < -0.3 is 5.32 Å². The minimum absolute atomic E-state index is 0.0185. The summed E-state index contributed by atoms with van der Waals surface area (Å²) >= 11 is 0. The lowest BCUT2D eigenvalue weighted by atomic mass is 10.2. The molecular formula is C5H10BNO. The molecule has 0 unspecified atom stereocenters. The lowest BCUT2D eigenvalue weighted by Gasteiger charge is -1.91. The number of carbonyl (C=O) groups is 1. The van der Waals surface area contributed by atoms with Crippen LogP contribution in [-0.2, 0) is 4.79 Å². The van der Waals surface area contributed by atoms with E-state index in [1.165, 1.54) is 6.08 Å². The molecule has 0 saturated carbocycles. The average Bonchev–Trinajstić information content (AvgIpc) is 1.68. The number of amides is 1. The Morgan fingerprint density at radius 2 is 2.50 bits per heavy atom. The van der Waals surface area contributed by atoms with Crippen molar-refractivity contribution in [1.82, 2.24) is 5.32 Å². The molecule has 0 bridgehead atoms. The van der Waals surface area contributed by atoms with E-state index in [1.54, 1.807) is 6.08 Å². The van der Waals surface area contributed by atoms with E-state index < -0.39 is 0 Å². The van der Waals surface area contributed by atoms with E-state index in [-0.39, 0.29) is 5.91 Å². The molecule has 0 radical (unpaired) electrons. The Morgan fingerprint density at radius 3 is 2.88 bits per heavy atom. The van der Waals surface area contributed by atoms with Crippen molar-refractivity contribution in [2.45, 2.75) is 6.92 Å². The fourth-order valence-electron chi connectivity index (χ4n) is 0.385. The van der Waals surface area contributed by atoms with Crippen molar-refractivity contribution in [2.24, 2.45) is 0 Å². The molecule has 0 rings (SSSR count). The van der Waals surface area contributed by atoms with Crippen molar-refractivity contribution < 1.29 is 4.79 Å². The lowest BCUT2D eigenvalue weighted by molar-refractivity contribution is -0.116. The summed E-state index contributed by atoms with van der Waals surface area (Å²) in [5.74, 6) is -0.0185. The van der Waals surface area contributed by atoms with Crippen LogP contribution in [0.15, 0.2) is 12.2 Å². The fourth-order valence-corrected chi connectivity index (χ4v) is 0.385. The van der Waals surface area contributed by atoms with Gasteiger partial charge in [0.25, 0.3) is 0 Å². The number of carbonyl (C=O) groups excluding carboxylic acids is 1. The molecule has 2 nitrogen and oxygen atoms in total. The molecule has 0 aliphatic carbocycles. The molecular weight excluding hydrogens is 101 g/mol. The average molecular weight is 111 g/mol. The first-order valence-corrected chi connectivity index (χ1v) is 2.71. The second-order valence-electron chi connectivity index (χ2n) is 1.39. The zero-order valence-corrected chi connectivity index (χ0v) is 5.27. The van der Waals surface area contributed by atoms with Crippen molar-refractivity contribution in [2.75, 3.05) is 6.44 Å². The third-order valence-electron chi connectivity index (χ3n) is 0.669. The van der Waals surface area contributed by atoms with Crippen LogP contribution >= 0.6 is 0 Å². The fraction of sp³-hybridized carbons (Fsp3) is 0.400. The van der Waals surface area contributed by atoms with Crippen LogP contribution in [0.3, 0.4) is 0 Å². The Morgan fingerprint density at radius 1 is 1.88 bits per heavy atom. The van der Waals surface area contributed by atoms with Gasteiger partial charge in [-0.15, -0.1) is 0 Å². The topological polar surface area (TPSA) is 29.1 Å². The summed E-state index contributed by atoms with van der Waals surface area (Å²) in [6.07, 6.45) is 3.91. The molecule has 0 fully saturated rings. The highest BCUT2D eigenvalue weighted by Gasteiger charge is 1.85. The van der Waals surface area contributed by atoms with Crippen LogP contribution in [-0.4, -0.2) is 20.2 Å². The van der Waals surface area contributed by atoms with Gasteiger partial charge in [-0.3, -0.25) is 4.79 Å². The quantitative estimate of drug-likeness (QED) is 0.369. The second-order valence-corrected chi connectivity index (χ2v) is 1.39. The molecule has 0 atom stereocenters. The van der Waals surface area contributed by atoms with E-state index in [4.69, 9.17) is 0 Å². The standard InChI is InChI=1S/C5H10BNO/c1-2-3-5(8)7-4-6/h2-3H,4,6H2,1H3,(H,7,8)/b3-2+. The summed E-state index contributed by atoms with van der Waals surface area (Å²) in [7, 11) is 1.89. The van der Waals surface area contributed by atoms with E-state index >= 15 is 0 Å². The predicted octanol–water partition coefficient (Wildman–Crippen LogP) is -0.731. The molecule has 0 spiro atoms. The minimum atomic E-state index is -0.0185. The van der Waals surface area contributed by atoms with Crippen molar-refractivity contribution in [3.05, 3.63) is 12.2 Å². The second kappa shape index (κ2) is 4.43. The first kappa shape index (κ1) is 7.27. The maximum absolute atomic E-state index is 10.4. The number of hydrogen-bond acceptors (Lipinski definition) is 1. The Hall–Kier alpha value is -0.725. The first-order valence-electron chi connectivity index (χ1n) is 2.71. The molecule has 1 N–H and O–H groups in total. The first-order chi connectivity index (χ1) is 3.81. The molecule has 3 heteroatoms. The molecule has 44 valence electrons. The van der Waals surface area contributed by atoms with Crippen LogP contribution in [0.25, 0.3) is 0 Å². The van der Waals surface area contributed by atoms with Gasteiger partial charge in [0.2, 0.25) is 5.91 Å². The van der Waals surface area contributed by atoms with E-state index in [2.05, 4.69) is 5.32 Å². The van der Waals surface area contributed by atoms with Gasteiger partial charge in [0, 0.05) is 0 Å². The van der Waals surface area contributed by atoms with Crippen molar-refractivity contribution in [3.63, 3.8) is 0 Å². The Kier molecular flexibility index (Phi) is 4.03. The highest BCUT2D eigenvalue weighted by atomic mass is 16.1. The molecule has 0 aromatic carbocycles.